The van der Waals surface area contributed by atoms with Crippen LogP contribution in [0.15, 0.2) is 18.2 Å². The molecule has 0 fully saturated rings. The largest absolute Gasteiger partial charge is 0.497 e. The molecule has 1 aromatic carbocycles. The van der Waals surface area contributed by atoms with E-state index >= 15 is 0 Å². The summed E-state index contributed by atoms with van der Waals surface area (Å²) in [4.78, 5) is 12.6. The molecule has 1 amide bonds. The molecule has 5 N–H and O–H groups in total. The monoisotopic (exact) mass is 279 g/mol. The summed E-state index contributed by atoms with van der Waals surface area (Å²) in [5, 5.41) is 3.69. The molecule has 0 atom stereocenters. The third kappa shape index (κ3) is 2.80. The minimum atomic E-state index is -0.147. The molecule has 102 valence electrons. The number of rotatable bonds is 5. The van der Waals surface area contributed by atoms with Gasteiger partial charge in [-0.15, -0.1) is 11.3 Å². The van der Waals surface area contributed by atoms with Crippen LogP contribution in [-0.4, -0.2) is 26.1 Å². The van der Waals surface area contributed by atoms with Gasteiger partial charge in [0, 0.05) is 16.6 Å². The van der Waals surface area contributed by atoms with Gasteiger partial charge in [-0.05, 0) is 31.2 Å². The maximum Gasteiger partial charge on any atom is 0.263 e. The van der Waals surface area contributed by atoms with E-state index in [0.717, 1.165) is 22.3 Å². The van der Waals surface area contributed by atoms with Crippen LogP contribution in [0.25, 0.3) is 10.1 Å². The fourth-order valence-electron chi connectivity index (χ4n) is 1.78. The van der Waals surface area contributed by atoms with Crippen molar-refractivity contribution in [1.29, 1.82) is 0 Å². The van der Waals surface area contributed by atoms with Crippen molar-refractivity contribution in [2.24, 2.45) is 5.73 Å². The first-order chi connectivity index (χ1) is 9.17. The van der Waals surface area contributed by atoms with Gasteiger partial charge in [0.2, 0.25) is 0 Å². The van der Waals surface area contributed by atoms with Crippen molar-refractivity contribution >= 4 is 33.0 Å². The zero-order valence-corrected chi connectivity index (χ0v) is 11.5. The van der Waals surface area contributed by atoms with Crippen molar-refractivity contribution < 1.29 is 9.53 Å². The molecule has 0 saturated heterocycles. The molecule has 0 aliphatic rings. The summed E-state index contributed by atoms with van der Waals surface area (Å²) >= 11 is 1.37. The molecule has 0 unspecified atom stereocenters. The van der Waals surface area contributed by atoms with Crippen LogP contribution in [0.5, 0.6) is 5.75 Å². The second-order valence-electron chi connectivity index (χ2n) is 4.11. The summed E-state index contributed by atoms with van der Waals surface area (Å²) in [5.41, 5.74) is 11.9. The van der Waals surface area contributed by atoms with Crippen molar-refractivity contribution in [1.82, 2.24) is 5.32 Å². The molecule has 0 saturated carbocycles. The number of carbonyl (C=O) groups is 1. The fraction of sp³-hybridized carbons (Fsp3) is 0.308. The zero-order valence-electron chi connectivity index (χ0n) is 10.7. The van der Waals surface area contributed by atoms with E-state index in [0.29, 0.717) is 23.7 Å². The molecule has 0 spiro atoms. The zero-order chi connectivity index (χ0) is 13.8. The van der Waals surface area contributed by atoms with E-state index in [-0.39, 0.29) is 5.91 Å². The van der Waals surface area contributed by atoms with Crippen molar-refractivity contribution in [3.8, 4) is 5.75 Å². The number of amides is 1. The molecule has 1 heterocycles. The maximum atomic E-state index is 12.0. The van der Waals surface area contributed by atoms with E-state index in [2.05, 4.69) is 5.32 Å². The number of ether oxygens (including phenoxy) is 1. The van der Waals surface area contributed by atoms with Crippen LogP contribution >= 0.6 is 11.3 Å². The summed E-state index contributed by atoms with van der Waals surface area (Å²) < 4.78 is 6.11. The number of nitrogens with two attached hydrogens (primary N) is 2. The third-order valence-corrected chi connectivity index (χ3v) is 3.98. The van der Waals surface area contributed by atoms with E-state index in [1.165, 1.54) is 11.3 Å². The molecule has 2 rings (SSSR count). The quantitative estimate of drug-likeness (QED) is 0.725. The number of methoxy groups -OCH3 is 1. The van der Waals surface area contributed by atoms with Crippen LogP contribution < -0.4 is 21.5 Å². The number of thiophene rings is 1. The van der Waals surface area contributed by atoms with E-state index < -0.39 is 0 Å². The molecule has 2 aromatic rings. The fourth-order valence-corrected chi connectivity index (χ4v) is 2.84. The van der Waals surface area contributed by atoms with Crippen LogP contribution in [0, 0.1) is 0 Å². The Bertz CT molecular complexity index is 595. The minimum Gasteiger partial charge on any atom is -0.497 e. The lowest BCUT2D eigenvalue weighted by molar-refractivity contribution is 0.0958. The van der Waals surface area contributed by atoms with E-state index in [1.807, 2.05) is 18.2 Å². The first kappa shape index (κ1) is 13.6. The Balaban J connectivity index is 2.28. The number of anilines is 1. The lowest BCUT2D eigenvalue weighted by atomic mass is 10.2. The number of nitrogen functional groups attached to an aromatic ring is 1. The first-order valence-corrected chi connectivity index (χ1v) is 6.83. The Morgan fingerprint density at radius 3 is 2.95 bits per heavy atom. The molecule has 0 aliphatic carbocycles. The molecular formula is C13H17N3O2S. The van der Waals surface area contributed by atoms with Gasteiger partial charge in [0.05, 0.1) is 12.8 Å². The van der Waals surface area contributed by atoms with Gasteiger partial charge >= 0.3 is 0 Å². The van der Waals surface area contributed by atoms with Crippen molar-refractivity contribution in [2.45, 2.75) is 6.42 Å². The Hall–Kier alpha value is -1.79. The van der Waals surface area contributed by atoms with E-state index in [9.17, 15) is 4.79 Å². The average Bonchev–Trinajstić information content (AvgIpc) is 2.75. The highest BCUT2D eigenvalue weighted by molar-refractivity contribution is 7.21. The summed E-state index contributed by atoms with van der Waals surface area (Å²) in [6, 6.07) is 5.59. The van der Waals surface area contributed by atoms with Crippen molar-refractivity contribution in [3.05, 3.63) is 23.1 Å². The molecule has 0 bridgehead atoms. The van der Waals surface area contributed by atoms with Crippen LogP contribution in [-0.2, 0) is 0 Å². The first-order valence-electron chi connectivity index (χ1n) is 6.01. The number of benzene rings is 1. The van der Waals surface area contributed by atoms with Crippen LogP contribution in [0.1, 0.15) is 16.1 Å². The highest BCUT2D eigenvalue weighted by Gasteiger charge is 2.16. The van der Waals surface area contributed by atoms with Crippen molar-refractivity contribution in [3.63, 3.8) is 0 Å². The van der Waals surface area contributed by atoms with Gasteiger partial charge in [-0.2, -0.15) is 0 Å². The normalized spacial score (nSPS) is 10.6. The SMILES string of the molecule is COc1ccc2c(N)c(C(=O)NCCCN)sc2c1. The molecule has 6 heteroatoms. The third-order valence-electron chi connectivity index (χ3n) is 2.81. The van der Waals surface area contributed by atoms with Gasteiger partial charge in [0.15, 0.2) is 0 Å². The second kappa shape index (κ2) is 5.90. The summed E-state index contributed by atoms with van der Waals surface area (Å²) in [5.74, 6) is 0.606. The number of hydrogen-bond donors (Lipinski definition) is 3. The Morgan fingerprint density at radius 2 is 2.26 bits per heavy atom. The maximum absolute atomic E-state index is 12.0. The van der Waals surface area contributed by atoms with Gasteiger partial charge in [0.25, 0.3) is 5.91 Å². The van der Waals surface area contributed by atoms with Crippen LogP contribution in [0.2, 0.25) is 0 Å². The summed E-state index contributed by atoms with van der Waals surface area (Å²) in [7, 11) is 1.61. The van der Waals surface area contributed by atoms with Crippen LogP contribution in [0.3, 0.4) is 0 Å². The van der Waals surface area contributed by atoms with E-state index in [1.54, 1.807) is 7.11 Å². The topological polar surface area (TPSA) is 90.4 Å². The van der Waals surface area contributed by atoms with Crippen molar-refractivity contribution in [2.75, 3.05) is 25.9 Å². The Morgan fingerprint density at radius 1 is 1.47 bits per heavy atom. The van der Waals surface area contributed by atoms with Gasteiger partial charge in [-0.3, -0.25) is 4.79 Å². The molecule has 1 aromatic heterocycles. The standard InChI is InChI=1S/C13H17N3O2S/c1-18-8-3-4-9-10(7-8)19-12(11(9)15)13(17)16-6-2-5-14/h3-4,7H,2,5-6,14-15H2,1H3,(H,16,17). The molecule has 0 radical (unpaired) electrons. The Labute approximate surface area is 115 Å². The molecule has 19 heavy (non-hydrogen) atoms. The summed E-state index contributed by atoms with van der Waals surface area (Å²) in [6.45, 7) is 1.12. The number of nitrogens with one attached hydrogen (secondary N) is 1. The van der Waals surface area contributed by atoms with Crippen LogP contribution in [0.4, 0.5) is 5.69 Å². The molecule has 0 aliphatic heterocycles. The summed E-state index contributed by atoms with van der Waals surface area (Å²) in [6.07, 6.45) is 0.754. The highest BCUT2D eigenvalue weighted by atomic mass is 32.1. The number of fused-ring (bicyclic) bond motifs is 1. The average molecular weight is 279 g/mol. The minimum absolute atomic E-state index is 0.147. The highest BCUT2D eigenvalue weighted by Crippen LogP contribution is 2.35. The lowest BCUT2D eigenvalue weighted by Crippen LogP contribution is -2.25. The smallest absolute Gasteiger partial charge is 0.263 e. The second-order valence-corrected chi connectivity index (χ2v) is 5.16. The lowest BCUT2D eigenvalue weighted by Gasteiger charge is -2.02. The number of carbonyl (C=O) groups excluding carboxylic acids is 1. The van der Waals surface area contributed by atoms with E-state index in [4.69, 9.17) is 16.2 Å². The predicted molar refractivity (Wildman–Crippen MR) is 78.8 cm³/mol. The van der Waals surface area contributed by atoms with Gasteiger partial charge in [-0.25, -0.2) is 0 Å². The van der Waals surface area contributed by atoms with Gasteiger partial charge < -0.3 is 21.5 Å². The van der Waals surface area contributed by atoms with Gasteiger partial charge in [-0.1, -0.05) is 0 Å². The number of hydrogen-bond acceptors (Lipinski definition) is 5. The molecular weight excluding hydrogens is 262 g/mol. The molecule has 5 nitrogen and oxygen atoms in total. The Kier molecular flexibility index (Phi) is 4.24. The predicted octanol–water partition coefficient (Wildman–Crippen LogP) is 1.57. The van der Waals surface area contributed by atoms with Gasteiger partial charge in [0.1, 0.15) is 10.6 Å².